The van der Waals surface area contributed by atoms with Gasteiger partial charge in [0.15, 0.2) is 0 Å². The molecule has 1 fully saturated rings. The normalized spacial score (nSPS) is 21.6. The van der Waals surface area contributed by atoms with Crippen LogP contribution in [-0.2, 0) is 20.9 Å². The van der Waals surface area contributed by atoms with Crippen LogP contribution in [-0.4, -0.2) is 36.3 Å². The molecule has 0 aromatic heterocycles. The van der Waals surface area contributed by atoms with Crippen molar-refractivity contribution in [2.45, 2.75) is 56.4 Å². The van der Waals surface area contributed by atoms with E-state index in [1.165, 1.54) is 17.3 Å². The number of thioether (sulfide) groups is 1. The molecule has 0 saturated carbocycles. The first-order valence-electron chi connectivity index (χ1n) is 11.0. The van der Waals surface area contributed by atoms with E-state index in [2.05, 4.69) is 37.4 Å². The molecule has 2 amide bonds. The van der Waals surface area contributed by atoms with E-state index in [9.17, 15) is 9.59 Å². The summed E-state index contributed by atoms with van der Waals surface area (Å²) in [5.74, 6) is -0.537. The summed E-state index contributed by atoms with van der Waals surface area (Å²) >= 11 is 1.50. The first-order valence-corrected chi connectivity index (χ1v) is 11.8. The van der Waals surface area contributed by atoms with Crippen molar-refractivity contribution in [1.29, 1.82) is 0 Å². The molecular formula is C25H30N2O3S. The number of amides is 2. The van der Waals surface area contributed by atoms with E-state index in [1.807, 2.05) is 36.1 Å². The summed E-state index contributed by atoms with van der Waals surface area (Å²) < 4.78 is 5.61. The van der Waals surface area contributed by atoms with E-state index < -0.39 is 11.2 Å². The molecule has 1 N–H and O–H groups in total. The van der Waals surface area contributed by atoms with Crippen LogP contribution in [0.25, 0.3) is 0 Å². The lowest BCUT2D eigenvalue weighted by Crippen LogP contribution is -2.48. The minimum Gasteiger partial charge on any atom is -0.376 e. The van der Waals surface area contributed by atoms with Crippen molar-refractivity contribution in [3.8, 4) is 0 Å². The number of rotatable bonds is 6. The maximum atomic E-state index is 13.6. The lowest BCUT2D eigenvalue weighted by Gasteiger charge is -2.36. The van der Waals surface area contributed by atoms with Crippen LogP contribution in [0.2, 0.25) is 0 Å². The number of aryl methyl sites for hydroxylation is 2. The summed E-state index contributed by atoms with van der Waals surface area (Å²) in [5.41, 5.74) is 4.38. The number of anilines is 1. The smallest absolute Gasteiger partial charge is 0.241 e. The van der Waals surface area contributed by atoms with Gasteiger partial charge in [-0.1, -0.05) is 42.8 Å². The van der Waals surface area contributed by atoms with Gasteiger partial charge >= 0.3 is 0 Å². The van der Waals surface area contributed by atoms with Gasteiger partial charge in [-0.3, -0.25) is 9.59 Å². The van der Waals surface area contributed by atoms with Crippen molar-refractivity contribution in [1.82, 2.24) is 5.32 Å². The SMILES string of the molecule is Cc1ccc(C)c(CN2C(=O)[C@H]([C@H](C)C(=O)NC[C@H]3CCCO3)Sc3ccccc32)c1. The number of carbonyl (C=O) groups excluding carboxylic acids is 2. The van der Waals surface area contributed by atoms with Crippen molar-refractivity contribution >= 4 is 29.3 Å². The van der Waals surface area contributed by atoms with Crippen molar-refractivity contribution in [2.24, 2.45) is 5.92 Å². The van der Waals surface area contributed by atoms with Crippen molar-refractivity contribution < 1.29 is 14.3 Å². The van der Waals surface area contributed by atoms with Crippen LogP contribution in [0.1, 0.15) is 36.5 Å². The lowest BCUT2D eigenvalue weighted by molar-refractivity contribution is -0.128. The highest BCUT2D eigenvalue weighted by Gasteiger charge is 2.39. The fourth-order valence-electron chi connectivity index (χ4n) is 4.18. The van der Waals surface area contributed by atoms with Gasteiger partial charge in [0.05, 0.1) is 24.3 Å². The first kappa shape index (κ1) is 21.9. The molecule has 0 unspecified atom stereocenters. The van der Waals surface area contributed by atoms with Gasteiger partial charge in [-0.15, -0.1) is 11.8 Å². The highest BCUT2D eigenvalue weighted by Crippen LogP contribution is 2.42. The predicted molar refractivity (Wildman–Crippen MR) is 124 cm³/mol. The van der Waals surface area contributed by atoms with Crippen LogP contribution < -0.4 is 10.2 Å². The van der Waals surface area contributed by atoms with Crippen molar-refractivity contribution in [2.75, 3.05) is 18.1 Å². The standard InChI is InChI=1S/C25H30N2O3S/c1-16-10-11-17(2)19(13-16)15-27-21-8-4-5-9-22(21)31-23(25(27)29)18(3)24(28)26-14-20-7-6-12-30-20/h4-5,8-11,13,18,20,23H,6-7,12,14-15H2,1-3H3,(H,26,28)/t18-,20+,23-/m0/s1. The molecule has 31 heavy (non-hydrogen) atoms. The maximum absolute atomic E-state index is 13.6. The largest absolute Gasteiger partial charge is 0.376 e. The Hall–Kier alpha value is -2.31. The Labute approximate surface area is 188 Å². The summed E-state index contributed by atoms with van der Waals surface area (Å²) in [6.45, 7) is 7.76. The Morgan fingerprint density at radius 3 is 2.84 bits per heavy atom. The number of benzene rings is 2. The quantitative estimate of drug-likeness (QED) is 0.733. The monoisotopic (exact) mass is 438 g/mol. The summed E-state index contributed by atoms with van der Waals surface area (Å²) in [4.78, 5) is 29.4. The lowest BCUT2D eigenvalue weighted by atomic mass is 10.0. The molecule has 2 aromatic carbocycles. The number of carbonyl (C=O) groups is 2. The fourth-order valence-corrected chi connectivity index (χ4v) is 5.46. The number of nitrogens with one attached hydrogen (secondary N) is 1. The van der Waals surface area contributed by atoms with Crippen LogP contribution in [0.3, 0.4) is 0 Å². The Morgan fingerprint density at radius 1 is 1.26 bits per heavy atom. The fraction of sp³-hybridized carbons (Fsp3) is 0.440. The van der Waals surface area contributed by atoms with Gasteiger partial charge in [-0.25, -0.2) is 0 Å². The van der Waals surface area contributed by atoms with Crippen molar-refractivity contribution in [3.63, 3.8) is 0 Å². The Kier molecular flexibility index (Phi) is 6.68. The molecule has 5 nitrogen and oxygen atoms in total. The van der Waals surface area contributed by atoms with E-state index >= 15 is 0 Å². The highest BCUT2D eigenvalue weighted by atomic mass is 32.2. The summed E-state index contributed by atoms with van der Waals surface area (Å²) in [5, 5.41) is 2.55. The molecule has 4 rings (SSSR count). The number of hydrogen-bond donors (Lipinski definition) is 1. The Morgan fingerprint density at radius 2 is 2.06 bits per heavy atom. The molecule has 3 atom stereocenters. The van der Waals surface area contributed by atoms with Crippen LogP contribution in [0, 0.1) is 19.8 Å². The minimum absolute atomic E-state index is 0.00984. The number of fused-ring (bicyclic) bond motifs is 1. The zero-order valence-corrected chi connectivity index (χ0v) is 19.2. The molecule has 1 saturated heterocycles. The molecule has 0 spiro atoms. The van der Waals surface area contributed by atoms with Gasteiger partial charge in [-0.2, -0.15) is 0 Å². The average molecular weight is 439 g/mol. The van der Waals surface area contributed by atoms with E-state index in [-0.39, 0.29) is 17.9 Å². The summed E-state index contributed by atoms with van der Waals surface area (Å²) in [6, 6.07) is 14.3. The topological polar surface area (TPSA) is 58.6 Å². The number of nitrogens with zero attached hydrogens (tertiary/aromatic N) is 1. The summed E-state index contributed by atoms with van der Waals surface area (Å²) in [7, 11) is 0. The molecule has 164 valence electrons. The second-order valence-corrected chi connectivity index (χ2v) is 9.71. The second kappa shape index (κ2) is 9.45. The Balaban J connectivity index is 1.55. The highest BCUT2D eigenvalue weighted by molar-refractivity contribution is 8.01. The van der Waals surface area contributed by atoms with E-state index in [0.29, 0.717) is 13.1 Å². The molecule has 2 aromatic rings. The molecule has 2 aliphatic rings. The third kappa shape index (κ3) is 4.80. The molecule has 2 aliphatic heterocycles. The zero-order chi connectivity index (χ0) is 22.0. The zero-order valence-electron chi connectivity index (χ0n) is 18.4. The molecule has 0 bridgehead atoms. The third-order valence-electron chi connectivity index (χ3n) is 6.15. The Bertz CT molecular complexity index is 971. The number of para-hydroxylation sites is 1. The maximum Gasteiger partial charge on any atom is 0.241 e. The minimum atomic E-state index is -0.454. The predicted octanol–water partition coefficient (Wildman–Crippen LogP) is 4.24. The van der Waals surface area contributed by atoms with Gasteiger partial charge in [0.2, 0.25) is 11.8 Å². The molecule has 0 radical (unpaired) electrons. The third-order valence-corrected chi connectivity index (χ3v) is 7.61. The van der Waals surface area contributed by atoms with Crippen LogP contribution in [0.4, 0.5) is 5.69 Å². The second-order valence-electron chi connectivity index (χ2n) is 8.53. The van der Waals surface area contributed by atoms with Gasteiger partial charge < -0.3 is 15.0 Å². The number of ether oxygens (including phenoxy) is 1. The van der Waals surface area contributed by atoms with Gasteiger partial charge in [0.25, 0.3) is 0 Å². The first-order chi connectivity index (χ1) is 14.9. The number of hydrogen-bond acceptors (Lipinski definition) is 4. The molecular weight excluding hydrogens is 408 g/mol. The van der Waals surface area contributed by atoms with Crippen molar-refractivity contribution in [3.05, 3.63) is 59.2 Å². The molecule has 0 aliphatic carbocycles. The molecule has 6 heteroatoms. The van der Waals surface area contributed by atoms with Gasteiger partial charge in [0, 0.05) is 18.0 Å². The summed E-state index contributed by atoms with van der Waals surface area (Å²) in [6.07, 6.45) is 2.10. The van der Waals surface area contributed by atoms with Gasteiger partial charge in [0.1, 0.15) is 5.25 Å². The average Bonchev–Trinajstić information content (AvgIpc) is 3.29. The van der Waals surface area contributed by atoms with Crippen LogP contribution in [0.15, 0.2) is 47.4 Å². The van der Waals surface area contributed by atoms with E-state index in [0.717, 1.165) is 41.2 Å². The van der Waals surface area contributed by atoms with Crippen LogP contribution in [0.5, 0.6) is 0 Å². The van der Waals surface area contributed by atoms with Gasteiger partial charge in [-0.05, 0) is 49.9 Å². The van der Waals surface area contributed by atoms with Crippen LogP contribution >= 0.6 is 11.8 Å². The van der Waals surface area contributed by atoms with E-state index in [1.54, 1.807) is 0 Å². The molecule has 2 heterocycles. The van der Waals surface area contributed by atoms with E-state index in [4.69, 9.17) is 4.74 Å².